The summed E-state index contributed by atoms with van der Waals surface area (Å²) in [5.41, 5.74) is 5.06. The van der Waals surface area contributed by atoms with Crippen LogP contribution < -0.4 is 5.73 Å². The molecule has 5 N–H and O–H groups in total. The Bertz CT molecular complexity index is 161. The van der Waals surface area contributed by atoms with Crippen LogP contribution in [0, 0.1) is 0 Å². The van der Waals surface area contributed by atoms with Crippen molar-refractivity contribution in [2.24, 2.45) is 5.73 Å². The lowest BCUT2D eigenvalue weighted by Gasteiger charge is -2.07. The lowest BCUT2D eigenvalue weighted by molar-refractivity contribution is -0.147. The molecule has 0 bridgehead atoms. The Hall–Kier alpha value is -1.14. The normalized spacial score (nSPS) is 15.2. The van der Waals surface area contributed by atoms with E-state index in [4.69, 9.17) is 21.1 Å². The van der Waals surface area contributed by atoms with E-state index in [9.17, 15) is 9.59 Å². The molecule has 6 heteroatoms. The van der Waals surface area contributed by atoms with Gasteiger partial charge in [0.15, 0.2) is 6.10 Å². The molecular weight excluding hydrogens is 166 g/mol. The minimum Gasteiger partial charge on any atom is -0.480 e. The van der Waals surface area contributed by atoms with Crippen molar-refractivity contribution in [3.05, 3.63) is 0 Å². The summed E-state index contributed by atoms with van der Waals surface area (Å²) in [7, 11) is 0. The van der Waals surface area contributed by atoms with Crippen molar-refractivity contribution in [1.82, 2.24) is 0 Å². The van der Waals surface area contributed by atoms with Crippen LogP contribution in [0.2, 0.25) is 0 Å². The van der Waals surface area contributed by atoms with Gasteiger partial charge in [-0.05, 0) is 12.8 Å². The van der Waals surface area contributed by atoms with Crippen LogP contribution in [0.25, 0.3) is 0 Å². The van der Waals surface area contributed by atoms with Gasteiger partial charge in [0.1, 0.15) is 6.04 Å². The van der Waals surface area contributed by atoms with E-state index in [0.29, 0.717) is 0 Å². The molecule has 70 valence electrons. The van der Waals surface area contributed by atoms with Crippen molar-refractivity contribution in [2.75, 3.05) is 0 Å². The molecule has 0 aromatic heterocycles. The highest BCUT2D eigenvalue weighted by atomic mass is 16.4. The fourth-order valence-corrected chi connectivity index (χ4v) is 0.584. The van der Waals surface area contributed by atoms with Crippen LogP contribution in [0.3, 0.4) is 0 Å². The van der Waals surface area contributed by atoms with Gasteiger partial charge in [-0.25, -0.2) is 4.79 Å². The molecule has 0 aromatic carbocycles. The maximum absolute atomic E-state index is 10.1. The number of hydrogen-bond acceptors (Lipinski definition) is 4. The van der Waals surface area contributed by atoms with E-state index < -0.39 is 24.1 Å². The van der Waals surface area contributed by atoms with Crippen LogP contribution in [-0.4, -0.2) is 39.4 Å². The third-order valence-electron chi connectivity index (χ3n) is 1.35. The molecule has 6 nitrogen and oxygen atoms in total. The number of aliphatic hydroxyl groups excluding tert-OH is 1. The van der Waals surface area contributed by atoms with Crippen LogP contribution in [-0.2, 0) is 9.59 Å². The Balaban J connectivity index is 3.68. The summed E-state index contributed by atoms with van der Waals surface area (Å²) in [6.45, 7) is 0. The molecule has 0 aliphatic heterocycles. The van der Waals surface area contributed by atoms with Crippen molar-refractivity contribution >= 4 is 11.9 Å². The third-order valence-corrected chi connectivity index (χ3v) is 1.35. The fourth-order valence-electron chi connectivity index (χ4n) is 0.584. The van der Waals surface area contributed by atoms with E-state index in [2.05, 4.69) is 0 Å². The second-order valence-corrected chi connectivity index (χ2v) is 2.38. The average Bonchev–Trinajstić information content (AvgIpc) is 1.98. The Labute approximate surface area is 68.6 Å². The van der Waals surface area contributed by atoms with Crippen molar-refractivity contribution in [3.8, 4) is 0 Å². The second-order valence-electron chi connectivity index (χ2n) is 2.38. The molecule has 0 saturated heterocycles. The zero-order valence-corrected chi connectivity index (χ0v) is 6.30. The largest absolute Gasteiger partial charge is 0.480 e. The molecule has 0 fully saturated rings. The number of rotatable bonds is 5. The molecule has 0 aliphatic rings. The van der Waals surface area contributed by atoms with Gasteiger partial charge in [-0.2, -0.15) is 0 Å². The molecule has 0 unspecified atom stereocenters. The van der Waals surface area contributed by atoms with Crippen LogP contribution in [0.5, 0.6) is 0 Å². The van der Waals surface area contributed by atoms with Gasteiger partial charge in [0.2, 0.25) is 0 Å². The molecule has 0 heterocycles. The highest BCUT2D eigenvalue weighted by molar-refractivity contribution is 5.74. The highest BCUT2D eigenvalue weighted by Gasteiger charge is 2.17. The predicted molar refractivity (Wildman–Crippen MR) is 38.5 cm³/mol. The molecule has 0 rings (SSSR count). The van der Waals surface area contributed by atoms with Gasteiger partial charge in [0.25, 0.3) is 0 Å². The van der Waals surface area contributed by atoms with Gasteiger partial charge < -0.3 is 21.1 Å². The maximum Gasteiger partial charge on any atom is 0.332 e. The number of carbonyl (C=O) groups is 2. The maximum atomic E-state index is 10.1. The van der Waals surface area contributed by atoms with Gasteiger partial charge in [0.05, 0.1) is 0 Å². The molecule has 0 amide bonds. The summed E-state index contributed by atoms with van der Waals surface area (Å²) in [5, 5.41) is 25.2. The van der Waals surface area contributed by atoms with E-state index in [1.54, 1.807) is 0 Å². The number of aliphatic hydroxyl groups is 1. The van der Waals surface area contributed by atoms with Crippen molar-refractivity contribution in [2.45, 2.75) is 25.0 Å². The Morgan fingerprint density at radius 1 is 1.17 bits per heavy atom. The highest BCUT2D eigenvalue weighted by Crippen LogP contribution is 2.00. The van der Waals surface area contributed by atoms with E-state index in [1.165, 1.54) is 0 Å². The van der Waals surface area contributed by atoms with E-state index in [-0.39, 0.29) is 12.8 Å². The third kappa shape index (κ3) is 3.89. The lowest BCUT2D eigenvalue weighted by atomic mass is 10.1. The first-order chi connectivity index (χ1) is 5.45. The Kier molecular flexibility index (Phi) is 4.24. The zero-order chi connectivity index (χ0) is 9.72. The van der Waals surface area contributed by atoms with E-state index in [1.807, 2.05) is 0 Å². The quantitative estimate of drug-likeness (QED) is 0.411. The van der Waals surface area contributed by atoms with Gasteiger partial charge in [-0.1, -0.05) is 0 Å². The standard InChI is InChI=1S/C6H11NO5/c7-3(5(9)10)1-2-4(8)6(11)12/h3-4,8H,1-2,7H2,(H,9,10)(H,11,12)/t3-,4+/m0/s1. The van der Waals surface area contributed by atoms with Crippen molar-refractivity contribution in [3.63, 3.8) is 0 Å². The minimum atomic E-state index is -1.53. The number of carboxylic acids is 2. The first-order valence-electron chi connectivity index (χ1n) is 3.34. The smallest absolute Gasteiger partial charge is 0.332 e. The first kappa shape index (κ1) is 10.9. The lowest BCUT2D eigenvalue weighted by Crippen LogP contribution is -2.32. The monoisotopic (exact) mass is 177 g/mol. The molecule has 0 aromatic rings. The van der Waals surface area contributed by atoms with Crippen LogP contribution in [0.4, 0.5) is 0 Å². The van der Waals surface area contributed by atoms with Crippen molar-refractivity contribution in [1.29, 1.82) is 0 Å². The van der Waals surface area contributed by atoms with Crippen LogP contribution in [0.15, 0.2) is 0 Å². The number of aliphatic carboxylic acids is 2. The van der Waals surface area contributed by atoms with Crippen LogP contribution >= 0.6 is 0 Å². The molecule has 0 spiro atoms. The van der Waals surface area contributed by atoms with E-state index in [0.717, 1.165) is 0 Å². The van der Waals surface area contributed by atoms with Crippen LogP contribution in [0.1, 0.15) is 12.8 Å². The van der Waals surface area contributed by atoms with Gasteiger partial charge in [-0.15, -0.1) is 0 Å². The fraction of sp³-hybridized carbons (Fsp3) is 0.667. The van der Waals surface area contributed by atoms with E-state index >= 15 is 0 Å². The zero-order valence-electron chi connectivity index (χ0n) is 6.30. The average molecular weight is 177 g/mol. The molecule has 0 aliphatic carbocycles. The first-order valence-corrected chi connectivity index (χ1v) is 3.34. The number of nitrogens with two attached hydrogens (primary N) is 1. The molecular formula is C6H11NO5. The summed E-state index contributed by atoms with van der Waals surface area (Å²) in [6, 6.07) is -1.11. The summed E-state index contributed by atoms with van der Waals surface area (Å²) < 4.78 is 0. The van der Waals surface area contributed by atoms with Crippen molar-refractivity contribution < 1.29 is 24.9 Å². The summed E-state index contributed by atoms with van der Waals surface area (Å²) in [6.07, 6.45) is -1.73. The number of hydrogen-bond donors (Lipinski definition) is 4. The number of carboxylic acid groups (broad SMARTS) is 2. The van der Waals surface area contributed by atoms with Gasteiger partial charge >= 0.3 is 11.9 Å². The SMILES string of the molecule is N[C@@H](CC[C@@H](O)C(=O)O)C(=O)O. The molecule has 0 saturated carbocycles. The summed E-state index contributed by atoms with van der Waals surface area (Å²) >= 11 is 0. The minimum absolute atomic E-state index is 0.0528. The van der Waals surface area contributed by atoms with Gasteiger partial charge in [-0.3, -0.25) is 4.79 Å². The molecule has 2 atom stereocenters. The molecule has 12 heavy (non-hydrogen) atoms. The topological polar surface area (TPSA) is 121 Å². The Morgan fingerprint density at radius 3 is 2.00 bits per heavy atom. The Morgan fingerprint density at radius 2 is 1.67 bits per heavy atom. The van der Waals surface area contributed by atoms with Gasteiger partial charge in [0, 0.05) is 0 Å². The summed E-state index contributed by atoms with van der Waals surface area (Å²) in [4.78, 5) is 20.2. The predicted octanol–water partition coefficient (Wildman–Crippen LogP) is -1.38. The molecule has 0 radical (unpaired) electrons. The summed E-state index contributed by atoms with van der Waals surface area (Å²) in [5.74, 6) is -2.57. The second kappa shape index (κ2) is 4.68.